The number of carbonyl (C=O) groups is 1. The molecule has 0 fully saturated rings. The first-order valence-electron chi connectivity index (χ1n) is 10.7. The standard InChI is InChI=1S/C23H32N2O6S/c1-7-11-17(18-13-16(28-12-8-2)14-19(26)31-18)24-20(27)22(5)15-32-21(25-22)23(6,29-9-3)30-10-4/h2,13-14,17H,7,9-12,15H2,1,3-6H3,(H,24,27)/t17-,22+/m1/s1. The van der Waals surface area contributed by atoms with Gasteiger partial charge in [-0.25, -0.2) is 4.79 Å². The molecule has 32 heavy (non-hydrogen) atoms. The van der Waals surface area contributed by atoms with E-state index in [0.717, 1.165) is 6.42 Å². The topological polar surface area (TPSA) is 99.4 Å². The Labute approximate surface area is 193 Å². The summed E-state index contributed by atoms with van der Waals surface area (Å²) in [5.41, 5.74) is -1.59. The van der Waals surface area contributed by atoms with Crippen molar-refractivity contribution >= 4 is 22.7 Å². The SMILES string of the molecule is C#CCOc1cc([C@@H](CCC)NC(=O)[C@]2(C)CSC(C(C)(OCC)OCC)=N2)oc(=O)c1. The van der Waals surface area contributed by atoms with E-state index in [1.165, 1.54) is 17.8 Å². The first-order chi connectivity index (χ1) is 15.2. The summed E-state index contributed by atoms with van der Waals surface area (Å²) in [6.07, 6.45) is 6.56. The third-order valence-electron chi connectivity index (χ3n) is 4.87. The molecular weight excluding hydrogens is 432 g/mol. The smallest absolute Gasteiger partial charge is 0.339 e. The molecule has 176 valence electrons. The monoisotopic (exact) mass is 464 g/mol. The molecular formula is C23H32N2O6S. The van der Waals surface area contributed by atoms with Crippen molar-refractivity contribution in [2.45, 2.75) is 64.8 Å². The molecule has 0 saturated carbocycles. The van der Waals surface area contributed by atoms with Gasteiger partial charge in [-0.15, -0.1) is 18.2 Å². The Morgan fingerprint density at radius 1 is 1.38 bits per heavy atom. The molecule has 2 heterocycles. The predicted octanol–water partition coefficient (Wildman–Crippen LogP) is 3.30. The maximum absolute atomic E-state index is 13.3. The molecule has 1 aliphatic rings. The quantitative estimate of drug-likeness (QED) is 0.374. The summed E-state index contributed by atoms with van der Waals surface area (Å²) in [5, 5.41) is 3.62. The molecule has 0 aromatic carbocycles. The van der Waals surface area contributed by atoms with Crippen molar-refractivity contribution in [2.24, 2.45) is 4.99 Å². The van der Waals surface area contributed by atoms with E-state index in [1.54, 1.807) is 13.0 Å². The van der Waals surface area contributed by atoms with Crippen molar-refractivity contribution in [1.82, 2.24) is 5.32 Å². The first kappa shape index (κ1) is 26.0. The van der Waals surface area contributed by atoms with Crippen LogP contribution >= 0.6 is 11.8 Å². The number of rotatable bonds is 12. The summed E-state index contributed by atoms with van der Waals surface area (Å²) in [5.74, 6) is 2.15. The van der Waals surface area contributed by atoms with Gasteiger partial charge < -0.3 is 23.9 Å². The first-order valence-corrected chi connectivity index (χ1v) is 11.7. The van der Waals surface area contributed by atoms with Crippen LogP contribution in [0, 0.1) is 12.3 Å². The van der Waals surface area contributed by atoms with Crippen LogP contribution in [0.1, 0.15) is 59.3 Å². The number of carbonyl (C=O) groups excluding carboxylic acids is 1. The number of nitrogens with zero attached hydrogens (tertiary/aromatic N) is 1. The minimum absolute atomic E-state index is 0.0267. The summed E-state index contributed by atoms with van der Waals surface area (Å²) < 4.78 is 22.3. The second-order valence-electron chi connectivity index (χ2n) is 7.61. The van der Waals surface area contributed by atoms with Gasteiger partial charge in [0.15, 0.2) is 0 Å². The average Bonchev–Trinajstić information content (AvgIpc) is 3.16. The minimum atomic E-state index is -1.01. The van der Waals surface area contributed by atoms with Gasteiger partial charge in [-0.1, -0.05) is 19.3 Å². The van der Waals surface area contributed by atoms with E-state index in [4.69, 9.17) is 30.0 Å². The number of hydrogen-bond donors (Lipinski definition) is 1. The zero-order chi connectivity index (χ0) is 23.8. The van der Waals surface area contributed by atoms with Gasteiger partial charge in [0.05, 0.1) is 12.1 Å². The molecule has 8 nitrogen and oxygen atoms in total. The third kappa shape index (κ3) is 6.37. The molecule has 1 N–H and O–H groups in total. The van der Waals surface area contributed by atoms with Gasteiger partial charge in [0.25, 0.3) is 0 Å². The van der Waals surface area contributed by atoms with Crippen LogP contribution in [0.2, 0.25) is 0 Å². The molecule has 1 aromatic rings. The summed E-state index contributed by atoms with van der Waals surface area (Å²) in [7, 11) is 0. The van der Waals surface area contributed by atoms with Crippen molar-refractivity contribution < 1.29 is 23.4 Å². The highest BCUT2D eigenvalue weighted by atomic mass is 32.2. The van der Waals surface area contributed by atoms with Crippen molar-refractivity contribution in [1.29, 1.82) is 0 Å². The Hall–Kier alpha value is -2.28. The molecule has 9 heteroatoms. The Morgan fingerprint density at radius 3 is 2.66 bits per heavy atom. The molecule has 2 rings (SSSR count). The van der Waals surface area contributed by atoms with Crippen LogP contribution in [0.5, 0.6) is 5.75 Å². The van der Waals surface area contributed by atoms with E-state index in [0.29, 0.717) is 41.9 Å². The summed E-state index contributed by atoms with van der Waals surface area (Å²) in [6, 6.07) is 2.29. The molecule has 0 unspecified atom stereocenters. The molecule has 0 radical (unpaired) electrons. The van der Waals surface area contributed by atoms with E-state index in [9.17, 15) is 9.59 Å². The van der Waals surface area contributed by atoms with Crippen molar-refractivity contribution in [3.05, 3.63) is 28.3 Å². The molecule has 0 aliphatic carbocycles. The summed E-state index contributed by atoms with van der Waals surface area (Å²) >= 11 is 1.44. The van der Waals surface area contributed by atoms with E-state index >= 15 is 0 Å². The Balaban J connectivity index is 2.26. The Kier molecular flexibility index (Phi) is 9.37. The Bertz CT molecular complexity index is 916. The minimum Gasteiger partial charge on any atom is -0.481 e. The lowest BCUT2D eigenvalue weighted by atomic mass is 10.0. The van der Waals surface area contributed by atoms with Crippen molar-refractivity contribution in [3.63, 3.8) is 0 Å². The van der Waals surface area contributed by atoms with Gasteiger partial charge in [-0.05, 0) is 34.1 Å². The highest BCUT2D eigenvalue weighted by Gasteiger charge is 2.45. The van der Waals surface area contributed by atoms with Gasteiger partial charge in [-0.2, -0.15) is 0 Å². The number of aliphatic imine (C=N–C) groups is 1. The molecule has 1 amide bonds. The average molecular weight is 465 g/mol. The van der Waals surface area contributed by atoms with E-state index in [-0.39, 0.29) is 12.5 Å². The third-order valence-corrected chi connectivity index (χ3v) is 6.31. The number of nitrogens with one attached hydrogen (secondary N) is 1. The molecule has 2 atom stereocenters. The van der Waals surface area contributed by atoms with E-state index < -0.39 is 23.0 Å². The zero-order valence-corrected chi connectivity index (χ0v) is 20.2. The summed E-state index contributed by atoms with van der Waals surface area (Å²) in [6.45, 7) is 10.3. The van der Waals surface area contributed by atoms with E-state index in [1.807, 2.05) is 27.7 Å². The van der Waals surface area contributed by atoms with Crippen LogP contribution in [0.15, 0.2) is 26.3 Å². The number of amides is 1. The van der Waals surface area contributed by atoms with Crippen molar-refractivity contribution in [2.75, 3.05) is 25.6 Å². The van der Waals surface area contributed by atoms with Crippen LogP contribution in [0.3, 0.4) is 0 Å². The van der Waals surface area contributed by atoms with Crippen LogP contribution in [0.25, 0.3) is 0 Å². The second kappa shape index (κ2) is 11.5. The lowest BCUT2D eigenvalue weighted by Crippen LogP contribution is -2.45. The largest absolute Gasteiger partial charge is 0.481 e. The van der Waals surface area contributed by atoms with Crippen LogP contribution in [-0.2, 0) is 14.3 Å². The maximum atomic E-state index is 13.3. The number of hydrogen-bond acceptors (Lipinski definition) is 8. The van der Waals surface area contributed by atoms with Crippen LogP contribution < -0.4 is 15.7 Å². The fourth-order valence-electron chi connectivity index (χ4n) is 3.30. The van der Waals surface area contributed by atoms with Gasteiger partial charge in [0.2, 0.25) is 11.7 Å². The molecule has 1 aliphatic heterocycles. The molecule has 0 spiro atoms. The highest BCUT2D eigenvalue weighted by molar-refractivity contribution is 8.14. The predicted molar refractivity (Wildman–Crippen MR) is 125 cm³/mol. The number of ether oxygens (including phenoxy) is 3. The fraction of sp³-hybridized carbons (Fsp3) is 0.609. The number of terminal acetylenes is 1. The van der Waals surface area contributed by atoms with Gasteiger partial charge >= 0.3 is 5.63 Å². The molecule has 1 aromatic heterocycles. The number of thioether (sulfide) groups is 1. The lowest BCUT2D eigenvalue weighted by molar-refractivity contribution is -0.169. The molecule has 0 bridgehead atoms. The molecule has 0 saturated heterocycles. The highest BCUT2D eigenvalue weighted by Crippen LogP contribution is 2.36. The zero-order valence-electron chi connectivity index (χ0n) is 19.4. The maximum Gasteiger partial charge on any atom is 0.339 e. The van der Waals surface area contributed by atoms with Crippen LogP contribution in [0.4, 0.5) is 0 Å². The second-order valence-corrected chi connectivity index (χ2v) is 8.58. The van der Waals surface area contributed by atoms with E-state index in [2.05, 4.69) is 11.2 Å². The summed E-state index contributed by atoms with van der Waals surface area (Å²) in [4.78, 5) is 30.0. The normalized spacial score (nSPS) is 19.2. The lowest BCUT2D eigenvalue weighted by Gasteiger charge is -2.28. The van der Waals surface area contributed by atoms with Crippen LogP contribution in [-0.4, -0.2) is 47.9 Å². The van der Waals surface area contributed by atoms with Gasteiger partial charge in [-0.3, -0.25) is 9.79 Å². The van der Waals surface area contributed by atoms with Crippen molar-refractivity contribution in [3.8, 4) is 18.1 Å². The van der Waals surface area contributed by atoms with Gasteiger partial charge in [0.1, 0.15) is 28.7 Å². The van der Waals surface area contributed by atoms with Gasteiger partial charge in [0, 0.05) is 25.0 Å². The Morgan fingerprint density at radius 2 is 2.06 bits per heavy atom. The fourth-order valence-corrected chi connectivity index (χ4v) is 4.56.